The molecule has 2 rings (SSSR count). The summed E-state index contributed by atoms with van der Waals surface area (Å²) in [5.74, 6) is -0.0987. The molecule has 0 saturated heterocycles. The molecule has 1 atom stereocenters. The Morgan fingerprint density at radius 2 is 2.20 bits per heavy atom. The van der Waals surface area contributed by atoms with Crippen LogP contribution in [0.25, 0.3) is 5.69 Å². The number of hydrogen-bond acceptors (Lipinski definition) is 3. The minimum atomic E-state index is -0.540. The van der Waals surface area contributed by atoms with Crippen molar-refractivity contribution in [1.29, 1.82) is 5.26 Å². The maximum Gasteiger partial charge on any atom is 0.143 e. The van der Waals surface area contributed by atoms with Gasteiger partial charge in [-0.3, -0.25) is 0 Å². The number of nitriles is 1. The van der Waals surface area contributed by atoms with Gasteiger partial charge in [0, 0.05) is 6.04 Å². The lowest BCUT2D eigenvalue weighted by Crippen LogP contribution is -2.17. The van der Waals surface area contributed by atoms with Crippen LogP contribution in [0.4, 0.5) is 4.39 Å². The molecule has 4 nitrogen and oxygen atoms in total. The summed E-state index contributed by atoms with van der Waals surface area (Å²) >= 11 is 0. The molecule has 2 aromatic rings. The van der Waals surface area contributed by atoms with E-state index in [0.717, 1.165) is 12.1 Å². The van der Waals surface area contributed by atoms with E-state index < -0.39 is 5.82 Å². The zero-order chi connectivity index (χ0) is 14.7. The summed E-state index contributed by atoms with van der Waals surface area (Å²) in [6, 6.07) is 6.23. The number of aromatic nitrogens is 2. The number of rotatable bonds is 4. The van der Waals surface area contributed by atoms with Crippen molar-refractivity contribution in [3.05, 3.63) is 47.8 Å². The van der Waals surface area contributed by atoms with E-state index in [1.54, 1.807) is 29.2 Å². The maximum absolute atomic E-state index is 13.7. The van der Waals surface area contributed by atoms with E-state index in [1.165, 1.54) is 6.07 Å². The molecule has 0 aliphatic rings. The highest BCUT2D eigenvalue weighted by Gasteiger charge is 2.17. The van der Waals surface area contributed by atoms with Crippen LogP contribution >= 0.6 is 0 Å². The molecule has 0 bridgehead atoms. The number of nitrogens with two attached hydrogens (primary N) is 1. The monoisotopic (exact) mass is 272 g/mol. The van der Waals surface area contributed by atoms with E-state index in [2.05, 4.69) is 18.8 Å². The third kappa shape index (κ3) is 2.70. The van der Waals surface area contributed by atoms with Gasteiger partial charge in [-0.25, -0.2) is 9.37 Å². The van der Waals surface area contributed by atoms with E-state index in [1.807, 2.05) is 6.07 Å². The summed E-state index contributed by atoms with van der Waals surface area (Å²) in [5, 5.41) is 9.12. The topological polar surface area (TPSA) is 67.6 Å². The van der Waals surface area contributed by atoms with Gasteiger partial charge in [0.15, 0.2) is 0 Å². The van der Waals surface area contributed by atoms with Crippen molar-refractivity contribution < 1.29 is 4.39 Å². The number of hydrogen-bond donors (Lipinski definition) is 1. The van der Waals surface area contributed by atoms with E-state index >= 15 is 0 Å². The lowest BCUT2D eigenvalue weighted by Gasteiger charge is -2.17. The minimum absolute atomic E-state index is 0.00324. The highest BCUT2D eigenvalue weighted by molar-refractivity contribution is 5.50. The van der Waals surface area contributed by atoms with Gasteiger partial charge >= 0.3 is 0 Å². The second-order valence-electron chi connectivity index (χ2n) is 5.17. The highest BCUT2D eigenvalue weighted by atomic mass is 19.1. The summed E-state index contributed by atoms with van der Waals surface area (Å²) in [6.45, 7) is 4.17. The van der Waals surface area contributed by atoms with Crippen molar-refractivity contribution in [3.8, 4) is 11.8 Å². The normalized spacial score (nSPS) is 12.4. The van der Waals surface area contributed by atoms with Gasteiger partial charge in [0.05, 0.1) is 23.9 Å². The first-order valence-electron chi connectivity index (χ1n) is 6.51. The van der Waals surface area contributed by atoms with Crippen LogP contribution in [-0.2, 0) is 0 Å². The standard InChI is InChI=1S/C15H17FN4/c1-10(2)6-13(18)15-8-19-9-20(15)14-5-3-4-12(16)11(14)7-17/h3-5,8-10,13H,6,18H2,1-2H3. The van der Waals surface area contributed by atoms with Crippen LogP contribution in [0.15, 0.2) is 30.7 Å². The summed E-state index contributed by atoms with van der Waals surface area (Å²) < 4.78 is 15.4. The number of imidazole rings is 1. The maximum atomic E-state index is 13.7. The Labute approximate surface area is 117 Å². The highest BCUT2D eigenvalue weighted by Crippen LogP contribution is 2.24. The van der Waals surface area contributed by atoms with Crippen molar-refractivity contribution in [2.45, 2.75) is 26.3 Å². The first kappa shape index (κ1) is 14.2. The van der Waals surface area contributed by atoms with Gasteiger partial charge in [-0.05, 0) is 24.5 Å². The molecule has 0 fully saturated rings. The van der Waals surface area contributed by atoms with Gasteiger partial charge < -0.3 is 10.3 Å². The summed E-state index contributed by atoms with van der Waals surface area (Å²) in [5.41, 5.74) is 7.42. The second kappa shape index (κ2) is 5.85. The average Bonchev–Trinajstić information content (AvgIpc) is 2.86. The van der Waals surface area contributed by atoms with Crippen molar-refractivity contribution in [2.75, 3.05) is 0 Å². The van der Waals surface area contributed by atoms with E-state index in [0.29, 0.717) is 11.6 Å². The molecule has 0 radical (unpaired) electrons. The van der Waals surface area contributed by atoms with Crippen LogP contribution in [0.2, 0.25) is 0 Å². The first-order chi connectivity index (χ1) is 9.54. The Morgan fingerprint density at radius 1 is 1.45 bits per heavy atom. The predicted molar refractivity (Wildman–Crippen MR) is 74.6 cm³/mol. The second-order valence-corrected chi connectivity index (χ2v) is 5.17. The molecule has 20 heavy (non-hydrogen) atoms. The molecule has 0 aliphatic carbocycles. The van der Waals surface area contributed by atoms with Gasteiger partial charge in [0.1, 0.15) is 17.4 Å². The van der Waals surface area contributed by atoms with Crippen LogP contribution in [0.5, 0.6) is 0 Å². The molecular weight excluding hydrogens is 255 g/mol. The lowest BCUT2D eigenvalue weighted by molar-refractivity contribution is 0.497. The van der Waals surface area contributed by atoms with Gasteiger partial charge in [-0.15, -0.1) is 0 Å². The Kier molecular flexibility index (Phi) is 4.16. The van der Waals surface area contributed by atoms with Crippen LogP contribution in [0.3, 0.4) is 0 Å². The smallest absolute Gasteiger partial charge is 0.143 e. The van der Waals surface area contributed by atoms with Crippen LogP contribution < -0.4 is 5.73 Å². The van der Waals surface area contributed by atoms with Crippen LogP contribution in [0.1, 0.15) is 37.6 Å². The lowest BCUT2D eigenvalue weighted by atomic mass is 10.0. The molecule has 104 valence electrons. The fourth-order valence-corrected chi connectivity index (χ4v) is 2.23. The van der Waals surface area contributed by atoms with Crippen molar-refractivity contribution in [1.82, 2.24) is 9.55 Å². The Balaban J connectivity index is 2.48. The van der Waals surface area contributed by atoms with Crippen molar-refractivity contribution >= 4 is 0 Å². The third-order valence-corrected chi connectivity index (χ3v) is 3.14. The van der Waals surface area contributed by atoms with Crippen LogP contribution in [-0.4, -0.2) is 9.55 Å². The molecule has 1 heterocycles. The largest absolute Gasteiger partial charge is 0.323 e. The van der Waals surface area contributed by atoms with Gasteiger partial charge in [0.25, 0.3) is 0 Å². The van der Waals surface area contributed by atoms with Crippen molar-refractivity contribution in [2.24, 2.45) is 11.7 Å². The number of halogens is 1. The Bertz CT molecular complexity index is 640. The fraction of sp³-hybridized carbons (Fsp3) is 0.333. The minimum Gasteiger partial charge on any atom is -0.323 e. The number of benzene rings is 1. The summed E-state index contributed by atoms with van der Waals surface area (Å²) in [7, 11) is 0. The molecule has 0 amide bonds. The molecule has 0 spiro atoms. The molecular formula is C15H17FN4. The van der Waals surface area contributed by atoms with Crippen molar-refractivity contribution in [3.63, 3.8) is 0 Å². The SMILES string of the molecule is CC(C)CC(N)c1cncn1-c1cccc(F)c1C#N. The zero-order valence-electron chi connectivity index (χ0n) is 11.5. The van der Waals surface area contributed by atoms with E-state index in [9.17, 15) is 4.39 Å². The molecule has 1 aromatic heterocycles. The average molecular weight is 272 g/mol. The van der Waals surface area contributed by atoms with E-state index in [4.69, 9.17) is 11.0 Å². The third-order valence-electron chi connectivity index (χ3n) is 3.14. The molecule has 1 unspecified atom stereocenters. The fourth-order valence-electron chi connectivity index (χ4n) is 2.23. The summed E-state index contributed by atoms with van der Waals surface area (Å²) in [6.07, 6.45) is 4.02. The predicted octanol–water partition coefficient (Wildman–Crippen LogP) is 2.93. The Hall–Kier alpha value is -2.19. The molecule has 5 heteroatoms. The van der Waals surface area contributed by atoms with Gasteiger partial charge in [0.2, 0.25) is 0 Å². The van der Waals surface area contributed by atoms with Gasteiger partial charge in [-0.2, -0.15) is 5.26 Å². The van der Waals surface area contributed by atoms with Gasteiger partial charge in [-0.1, -0.05) is 19.9 Å². The van der Waals surface area contributed by atoms with Crippen LogP contribution in [0, 0.1) is 23.1 Å². The Morgan fingerprint density at radius 3 is 2.85 bits per heavy atom. The summed E-state index contributed by atoms with van der Waals surface area (Å²) in [4.78, 5) is 4.08. The first-order valence-corrected chi connectivity index (χ1v) is 6.51. The van der Waals surface area contributed by atoms with E-state index in [-0.39, 0.29) is 11.6 Å². The molecule has 0 saturated carbocycles. The zero-order valence-corrected chi connectivity index (χ0v) is 11.5. The molecule has 0 aliphatic heterocycles. The quantitative estimate of drug-likeness (QED) is 0.930. The number of nitrogens with zero attached hydrogens (tertiary/aromatic N) is 3. The molecule has 1 aromatic carbocycles. The molecule has 2 N–H and O–H groups in total.